The maximum atomic E-state index is 14.4. The first kappa shape index (κ1) is 24.1. The lowest BCUT2D eigenvalue weighted by Crippen LogP contribution is -2.21. The van der Waals surface area contributed by atoms with Crippen molar-refractivity contribution in [3.8, 4) is 22.6 Å². The molecule has 0 bridgehead atoms. The monoisotopic (exact) mass is 526 g/mol. The second kappa shape index (κ2) is 8.78. The highest BCUT2D eigenvalue weighted by Gasteiger charge is 2.42. The normalized spacial score (nSPS) is 11.7. The Labute approximate surface area is 210 Å². The van der Waals surface area contributed by atoms with E-state index in [4.69, 9.17) is 17.3 Å². The molecule has 0 spiro atoms. The molecule has 1 aromatic carbocycles. The van der Waals surface area contributed by atoms with E-state index < -0.39 is 23.3 Å². The van der Waals surface area contributed by atoms with Crippen LogP contribution in [0.2, 0.25) is 5.15 Å². The minimum atomic E-state index is -5.03. The predicted octanol–water partition coefficient (Wildman–Crippen LogP) is 4.04. The zero-order chi connectivity index (χ0) is 26.5. The van der Waals surface area contributed by atoms with Crippen LogP contribution in [0.25, 0.3) is 33.4 Å². The van der Waals surface area contributed by atoms with Gasteiger partial charge < -0.3 is 5.73 Å². The summed E-state index contributed by atoms with van der Waals surface area (Å²) in [6.07, 6.45) is 0.0103. The van der Waals surface area contributed by atoms with Crippen LogP contribution in [-0.4, -0.2) is 46.4 Å². The zero-order valence-corrected chi connectivity index (χ0v) is 19.5. The van der Waals surface area contributed by atoms with Crippen LogP contribution >= 0.6 is 11.6 Å². The number of pyridine rings is 2. The maximum Gasteiger partial charge on any atom is 0.434 e. The van der Waals surface area contributed by atoms with Gasteiger partial charge in [0.1, 0.15) is 17.1 Å². The van der Waals surface area contributed by atoms with E-state index in [0.717, 1.165) is 11.0 Å². The van der Waals surface area contributed by atoms with E-state index in [2.05, 4.69) is 25.3 Å². The number of ketones is 1. The van der Waals surface area contributed by atoms with Gasteiger partial charge in [-0.1, -0.05) is 29.8 Å². The van der Waals surface area contributed by atoms with Crippen LogP contribution in [0.3, 0.4) is 0 Å². The Morgan fingerprint density at radius 3 is 2.43 bits per heavy atom. The van der Waals surface area contributed by atoms with Crippen molar-refractivity contribution >= 4 is 34.1 Å². The number of nitrogens with two attached hydrogens (primary N) is 1. The quantitative estimate of drug-likeness (QED) is 0.341. The molecule has 10 nitrogen and oxygen atoms in total. The smallest absolute Gasteiger partial charge is 0.365 e. The number of Topliss-reactive ketones (excluding diaryl/α,β-unsaturated/α-hetero) is 1. The number of halogens is 4. The second-order valence-corrected chi connectivity index (χ2v) is 8.21. The lowest BCUT2D eigenvalue weighted by molar-refractivity contribution is -0.143. The van der Waals surface area contributed by atoms with Crippen molar-refractivity contribution in [2.75, 3.05) is 0 Å². The minimum absolute atomic E-state index is 0.0640. The molecule has 186 valence electrons. The molecular formula is C23H14ClF3N8O2. The van der Waals surface area contributed by atoms with Gasteiger partial charge in [0, 0.05) is 24.1 Å². The minimum Gasteiger partial charge on any atom is -0.365 e. The molecule has 0 radical (unpaired) electrons. The van der Waals surface area contributed by atoms with Crippen molar-refractivity contribution in [3.63, 3.8) is 0 Å². The summed E-state index contributed by atoms with van der Waals surface area (Å²) < 4.78 is 43.8. The first-order valence-corrected chi connectivity index (χ1v) is 10.9. The number of aromatic nitrogens is 7. The van der Waals surface area contributed by atoms with Gasteiger partial charge >= 0.3 is 6.18 Å². The lowest BCUT2D eigenvalue weighted by Gasteiger charge is -2.12. The van der Waals surface area contributed by atoms with E-state index in [9.17, 15) is 22.8 Å². The zero-order valence-electron chi connectivity index (χ0n) is 18.7. The summed E-state index contributed by atoms with van der Waals surface area (Å²) in [6.45, 7) is 1.32. The molecule has 0 saturated heterocycles. The molecule has 2 N–H and O–H groups in total. The molecule has 0 unspecified atom stereocenters. The average molecular weight is 527 g/mol. The van der Waals surface area contributed by atoms with Crippen molar-refractivity contribution in [2.24, 2.45) is 5.73 Å². The first-order valence-electron chi connectivity index (χ1n) is 10.5. The SMILES string of the molecule is CC(=O)c1nccc2c(-c3nn(-c4cncc(-n5ncc(Cl)n5)c4)c(C(F)(F)F)c3C(N)=O)cccc12. The largest absolute Gasteiger partial charge is 0.434 e. The van der Waals surface area contributed by atoms with Crippen LogP contribution in [-0.2, 0) is 6.18 Å². The van der Waals surface area contributed by atoms with Crippen LogP contribution in [0.1, 0.15) is 33.5 Å². The summed E-state index contributed by atoms with van der Waals surface area (Å²) in [4.78, 5) is 33.7. The van der Waals surface area contributed by atoms with Crippen molar-refractivity contribution < 1.29 is 22.8 Å². The van der Waals surface area contributed by atoms with Crippen molar-refractivity contribution in [2.45, 2.75) is 13.1 Å². The Hall–Kier alpha value is -4.65. The number of carbonyl (C=O) groups excluding carboxylic acids is 2. The standard InChI is InChI=1S/C23H14ClF3N8O2/c1-11(36)19-15-3-2-4-16(14(15)5-6-30-19)20-18(22(28)37)21(23(25,26)27)34(33-20)12-7-13(9-29-8-12)35-31-10-17(24)32-35/h2-10H,1H3,(H2,28,37). The van der Waals surface area contributed by atoms with Gasteiger partial charge in [-0.15, -0.1) is 9.90 Å². The van der Waals surface area contributed by atoms with Crippen LogP contribution in [0.4, 0.5) is 13.2 Å². The van der Waals surface area contributed by atoms with Gasteiger partial charge in [-0.05, 0) is 17.5 Å². The van der Waals surface area contributed by atoms with Gasteiger partial charge in [-0.25, -0.2) is 4.68 Å². The van der Waals surface area contributed by atoms with E-state index in [1.165, 1.54) is 49.8 Å². The van der Waals surface area contributed by atoms with Gasteiger partial charge in [-0.2, -0.15) is 23.4 Å². The first-order chi connectivity index (χ1) is 17.6. The molecule has 5 aromatic rings. The number of hydrogen-bond acceptors (Lipinski definition) is 7. The molecule has 1 amide bonds. The summed E-state index contributed by atoms with van der Waals surface area (Å²) in [5, 5.41) is 12.8. The number of carbonyl (C=O) groups is 2. The number of amides is 1. The molecule has 0 aliphatic heterocycles. The van der Waals surface area contributed by atoms with Gasteiger partial charge in [0.2, 0.25) is 0 Å². The van der Waals surface area contributed by atoms with Crippen molar-refractivity contribution in [1.29, 1.82) is 0 Å². The molecule has 37 heavy (non-hydrogen) atoms. The molecule has 4 heterocycles. The number of hydrogen-bond donors (Lipinski definition) is 1. The third kappa shape index (κ3) is 4.18. The molecule has 0 atom stereocenters. The number of alkyl halides is 3. The van der Waals surface area contributed by atoms with Gasteiger partial charge in [0.25, 0.3) is 5.91 Å². The number of nitrogens with zero attached hydrogens (tertiary/aromatic N) is 7. The van der Waals surface area contributed by atoms with E-state index in [1.54, 1.807) is 6.07 Å². The third-order valence-corrected chi connectivity index (χ3v) is 5.62. The Morgan fingerprint density at radius 1 is 1.03 bits per heavy atom. The Bertz CT molecular complexity index is 1710. The van der Waals surface area contributed by atoms with Crippen LogP contribution in [0.5, 0.6) is 0 Å². The Morgan fingerprint density at radius 2 is 1.78 bits per heavy atom. The van der Waals surface area contributed by atoms with E-state index >= 15 is 0 Å². The van der Waals surface area contributed by atoms with Crippen molar-refractivity contribution in [3.05, 3.63) is 77.2 Å². The molecule has 0 aliphatic rings. The van der Waals surface area contributed by atoms with E-state index in [0.29, 0.717) is 15.5 Å². The fourth-order valence-corrected chi connectivity index (χ4v) is 4.11. The number of fused-ring (bicyclic) bond motifs is 1. The van der Waals surface area contributed by atoms with E-state index in [1.807, 2.05) is 0 Å². The molecular weight excluding hydrogens is 513 g/mol. The number of benzene rings is 1. The average Bonchev–Trinajstić information content (AvgIpc) is 3.47. The maximum absolute atomic E-state index is 14.4. The Kier molecular flexibility index (Phi) is 5.71. The van der Waals surface area contributed by atoms with Crippen molar-refractivity contribution in [1.82, 2.24) is 34.7 Å². The topological polar surface area (TPSA) is 134 Å². The molecule has 4 aromatic heterocycles. The fourth-order valence-electron chi connectivity index (χ4n) is 3.99. The summed E-state index contributed by atoms with van der Waals surface area (Å²) >= 11 is 5.80. The lowest BCUT2D eigenvalue weighted by atomic mass is 9.97. The highest BCUT2D eigenvalue weighted by atomic mass is 35.5. The highest BCUT2D eigenvalue weighted by molar-refractivity contribution is 6.29. The Balaban J connectivity index is 1.82. The van der Waals surface area contributed by atoms with Crippen LogP contribution in [0, 0.1) is 0 Å². The van der Waals surface area contributed by atoms with Gasteiger partial charge in [-0.3, -0.25) is 19.6 Å². The molecule has 0 aliphatic carbocycles. The fraction of sp³-hybridized carbons (Fsp3) is 0.0870. The molecule has 0 saturated carbocycles. The van der Waals surface area contributed by atoms with Crippen LogP contribution in [0.15, 0.2) is 55.1 Å². The van der Waals surface area contributed by atoms with Gasteiger partial charge in [0.15, 0.2) is 16.6 Å². The predicted molar refractivity (Wildman–Crippen MR) is 126 cm³/mol. The molecule has 0 fully saturated rings. The summed E-state index contributed by atoms with van der Waals surface area (Å²) in [5.41, 5.74) is 3.25. The van der Waals surface area contributed by atoms with Crippen LogP contribution < -0.4 is 5.73 Å². The van der Waals surface area contributed by atoms with E-state index in [-0.39, 0.29) is 39.3 Å². The third-order valence-electron chi connectivity index (χ3n) is 5.44. The second-order valence-electron chi connectivity index (χ2n) is 7.82. The number of primary amides is 1. The molecule has 5 rings (SSSR count). The van der Waals surface area contributed by atoms with Gasteiger partial charge in [0.05, 0.1) is 29.8 Å². The highest BCUT2D eigenvalue weighted by Crippen LogP contribution is 2.40. The molecule has 14 heteroatoms. The summed E-state index contributed by atoms with van der Waals surface area (Å²) in [7, 11) is 0. The summed E-state index contributed by atoms with van der Waals surface area (Å²) in [6, 6.07) is 7.42. The summed E-state index contributed by atoms with van der Waals surface area (Å²) in [5.74, 6) is -1.68. The number of rotatable bonds is 5.